The van der Waals surface area contributed by atoms with Gasteiger partial charge in [0, 0.05) is 0 Å². The maximum absolute atomic E-state index is 10.4. The Labute approximate surface area is 80.0 Å². The molecule has 13 heavy (non-hydrogen) atoms. The van der Waals surface area contributed by atoms with Crippen LogP contribution in [0.25, 0.3) is 0 Å². The van der Waals surface area contributed by atoms with E-state index in [-0.39, 0.29) is 5.92 Å². The van der Waals surface area contributed by atoms with Gasteiger partial charge in [0.15, 0.2) is 0 Å². The molecule has 0 spiro atoms. The van der Waals surface area contributed by atoms with E-state index in [9.17, 15) is 4.79 Å². The molecule has 0 radical (unpaired) electrons. The first-order valence-electron chi connectivity index (χ1n) is 4.73. The number of hydrogen-bond donors (Lipinski definition) is 1. The fourth-order valence-electron chi connectivity index (χ4n) is 0.824. The Morgan fingerprint density at radius 1 is 1.38 bits per heavy atom. The molecule has 0 aliphatic heterocycles. The summed E-state index contributed by atoms with van der Waals surface area (Å²) in [6.45, 7) is 3.81. The molecule has 74 valence electrons. The van der Waals surface area contributed by atoms with Crippen molar-refractivity contribution < 1.29 is 9.90 Å². The molecule has 0 saturated heterocycles. The monoisotopic (exact) mass is 182 g/mol. The van der Waals surface area contributed by atoms with E-state index in [0.29, 0.717) is 0 Å². The van der Waals surface area contributed by atoms with Crippen molar-refractivity contribution in [2.75, 3.05) is 0 Å². The van der Waals surface area contributed by atoms with Crippen LogP contribution in [0, 0.1) is 5.92 Å². The molecular weight excluding hydrogens is 164 g/mol. The van der Waals surface area contributed by atoms with Gasteiger partial charge in [0.1, 0.15) is 0 Å². The maximum atomic E-state index is 10.4. The lowest BCUT2D eigenvalue weighted by atomic mass is 10.1. The normalized spacial score (nSPS) is 14.0. The fourth-order valence-corrected chi connectivity index (χ4v) is 0.824. The van der Waals surface area contributed by atoms with Crippen molar-refractivity contribution in [2.45, 2.75) is 33.1 Å². The summed E-state index contributed by atoms with van der Waals surface area (Å²) in [5.41, 5.74) is 0. The third kappa shape index (κ3) is 7.32. The van der Waals surface area contributed by atoms with Crippen LogP contribution in [-0.2, 0) is 4.79 Å². The lowest BCUT2D eigenvalue weighted by Gasteiger charge is -1.95. The van der Waals surface area contributed by atoms with Crippen LogP contribution < -0.4 is 0 Å². The van der Waals surface area contributed by atoms with Gasteiger partial charge in [-0.3, -0.25) is 4.79 Å². The second-order valence-electron chi connectivity index (χ2n) is 3.05. The zero-order valence-electron chi connectivity index (χ0n) is 8.36. The Morgan fingerprint density at radius 2 is 2.08 bits per heavy atom. The van der Waals surface area contributed by atoms with Gasteiger partial charge in [0.2, 0.25) is 0 Å². The molecule has 0 saturated carbocycles. The predicted octanol–water partition coefficient (Wildman–Crippen LogP) is 3.01. The lowest BCUT2D eigenvalue weighted by Crippen LogP contribution is -2.05. The highest BCUT2D eigenvalue weighted by Gasteiger charge is 2.03. The summed E-state index contributed by atoms with van der Waals surface area (Å²) in [5.74, 6) is -1.15. The van der Waals surface area contributed by atoms with Crippen LogP contribution in [0.2, 0.25) is 0 Å². The van der Waals surface area contributed by atoms with E-state index < -0.39 is 5.97 Å². The van der Waals surface area contributed by atoms with Gasteiger partial charge in [-0.05, 0) is 19.8 Å². The third-order valence-corrected chi connectivity index (χ3v) is 1.71. The summed E-state index contributed by atoms with van der Waals surface area (Å²) in [4.78, 5) is 10.4. The van der Waals surface area contributed by atoms with E-state index in [1.165, 1.54) is 0 Å². The summed E-state index contributed by atoms with van der Waals surface area (Å²) < 4.78 is 0. The van der Waals surface area contributed by atoms with E-state index in [1.807, 2.05) is 6.08 Å². The Hall–Kier alpha value is -1.05. The first-order valence-corrected chi connectivity index (χ1v) is 4.73. The molecular formula is C11H18O2. The zero-order valence-corrected chi connectivity index (χ0v) is 8.36. The Morgan fingerprint density at radius 3 is 2.62 bits per heavy atom. The van der Waals surface area contributed by atoms with Crippen molar-refractivity contribution in [3.63, 3.8) is 0 Å². The number of aliphatic carboxylic acids is 1. The van der Waals surface area contributed by atoms with E-state index in [4.69, 9.17) is 5.11 Å². The molecule has 0 bridgehead atoms. The molecule has 2 nitrogen and oxygen atoms in total. The number of rotatable bonds is 6. The topological polar surface area (TPSA) is 37.3 Å². The highest BCUT2D eigenvalue weighted by Crippen LogP contribution is 1.99. The van der Waals surface area contributed by atoms with Crippen LogP contribution >= 0.6 is 0 Å². The molecule has 0 aliphatic rings. The van der Waals surface area contributed by atoms with Crippen LogP contribution in [0.4, 0.5) is 0 Å². The Balaban J connectivity index is 3.57. The standard InChI is InChI=1S/C11H18O2/c1-3-4-5-6-7-8-9-10(2)11(12)13/h5-6,8-10H,3-4,7H2,1-2H3,(H,12,13). The highest BCUT2D eigenvalue weighted by atomic mass is 16.4. The maximum Gasteiger partial charge on any atom is 0.310 e. The molecule has 1 unspecified atom stereocenters. The second-order valence-corrected chi connectivity index (χ2v) is 3.05. The molecule has 0 amide bonds. The number of unbranched alkanes of at least 4 members (excludes halogenated alkanes) is 1. The molecule has 1 N–H and O–H groups in total. The van der Waals surface area contributed by atoms with E-state index in [2.05, 4.69) is 19.1 Å². The minimum absolute atomic E-state index is 0.375. The molecule has 2 heteroatoms. The van der Waals surface area contributed by atoms with Crippen LogP contribution in [0.15, 0.2) is 24.3 Å². The molecule has 0 aromatic carbocycles. The molecule has 0 fully saturated rings. The zero-order chi connectivity index (χ0) is 10.1. The van der Waals surface area contributed by atoms with Crippen LogP contribution in [0.3, 0.4) is 0 Å². The molecule has 0 aromatic heterocycles. The quantitative estimate of drug-likeness (QED) is 0.641. The van der Waals surface area contributed by atoms with Crippen molar-refractivity contribution in [3.8, 4) is 0 Å². The highest BCUT2D eigenvalue weighted by molar-refractivity contribution is 5.71. The minimum Gasteiger partial charge on any atom is -0.481 e. The SMILES string of the molecule is CCCC=CCC=CC(C)C(=O)O. The van der Waals surface area contributed by atoms with Crippen molar-refractivity contribution >= 4 is 5.97 Å². The molecule has 1 atom stereocenters. The largest absolute Gasteiger partial charge is 0.481 e. The summed E-state index contributed by atoms with van der Waals surface area (Å²) in [7, 11) is 0. The number of carbonyl (C=O) groups is 1. The Kier molecular flexibility index (Phi) is 6.98. The van der Waals surface area contributed by atoms with Gasteiger partial charge in [0.25, 0.3) is 0 Å². The van der Waals surface area contributed by atoms with E-state index >= 15 is 0 Å². The van der Waals surface area contributed by atoms with Crippen LogP contribution in [-0.4, -0.2) is 11.1 Å². The number of carboxylic acids is 1. The molecule has 0 heterocycles. The number of allylic oxidation sites excluding steroid dienone is 3. The average Bonchev–Trinajstić information content (AvgIpc) is 2.10. The van der Waals surface area contributed by atoms with Crippen molar-refractivity contribution in [2.24, 2.45) is 5.92 Å². The molecule has 0 aromatic rings. The summed E-state index contributed by atoms with van der Waals surface area (Å²) in [6, 6.07) is 0. The van der Waals surface area contributed by atoms with E-state index in [1.54, 1.807) is 13.0 Å². The molecule has 0 aliphatic carbocycles. The van der Waals surface area contributed by atoms with Crippen molar-refractivity contribution in [1.82, 2.24) is 0 Å². The smallest absolute Gasteiger partial charge is 0.310 e. The molecule has 0 rings (SSSR count). The van der Waals surface area contributed by atoms with Gasteiger partial charge in [-0.15, -0.1) is 0 Å². The van der Waals surface area contributed by atoms with Crippen LogP contribution in [0.5, 0.6) is 0 Å². The van der Waals surface area contributed by atoms with Gasteiger partial charge < -0.3 is 5.11 Å². The second kappa shape index (κ2) is 7.59. The first-order chi connectivity index (χ1) is 6.18. The Bertz CT molecular complexity index is 192. The summed E-state index contributed by atoms with van der Waals surface area (Å²) >= 11 is 0. The summed E-state index contributed by atoms with van der Waals surface area (Å²) in [5, 5.41) is 8.55. The van der Waals surface area contributed by atoms with Gasteiger partial charge in [-0.1, -0.05) is 37.6 Å². The van der Waals surface area contributed by atoms with Gasteiger partial charge in [0.05, 0.1) is 5.92 Å². The predicted molar refractivity (Wildman–Crippen MR) is 54.6 cm³/mol. The van der Waals surface area contributed by atoms with E-state index in [0.717, 1.165) is 19.3 Å². The van der Waals surface area contributed by atoms with Crippen molar-refractivity contribution in [3.05, 3.63) is 24.3 Å². The number of hydrogen-bond acceptors (Lipinski definition) is 1. The number of carboxylic acid groups (broad SMARTS) is 1. The van der Waals surface area contributed by atoms with Crippen LogP contribution in [0.1, 0.15) is 33.1 Å². The minimum atomic E-state index is -0.770. The third-order valence-electron chi connectivity index (χ3n) is 1.71. The van der Waals surface area contributed by atoms with Gasteiger partial charge in [-0.2, -0.15) is 0 Å². The van der Waals surface area contributed by atoms with Gasteiger partial charge in [-0.25, -0.2) is 0 Å². The average molecular weight is 182 g/mol. The summed E-state index contributed by atoms with van der Waals surface area (Å²) in [6.07, 6.45) is 10.9. The van der Waals surface area contributed by atoms with Gasteiger partial charge >= 0.3 is 5.97 Å². The lowest BCUT2D eigenvalue weighted by molar-refractivity contribution is -0.139. The van der Waals surface area contributed by atoms with Crippen molar-refractivity contribution in [1.29, 1.82) is 0 Å². The first kappa shape index (κ1) is 11.9. The fraction of sp³-hybridized carbons (Fsp3) is 0.545.